The van der Waals surface area contributed by atoms with Gasteiger partial charge in [-0.1, -0.05) is 18.2 Å². The normalized spacial score (nSPS) is 10.3. The minimum absolute atomic E-state index is 0.0460. The van der Waals surface area contributed by atoms with Gasteiger partial charge in [-0.15, -0.1) is 0 Å². The molecule has 0 aliphatic carbocycles. The maximum absolute atomic E-state index is 12.6. The number of hydrogen-bond acceptors (Lipinski definition) is 4. The van der Waals surface area contributed by atoms with Gasteiger partial charge in [0, 0.05) is 30.8 Å². The van der Waals surface area contributed by atoms with Crippen LogP contribution in [0.4, 0.5) is 5.69 Å². The lowest BCUT2D eigenvalue weighted by atomic mass is 10.1. The summed E-state index contributed by atoms with van der Waals surface area (Å²) in [6, 6.07) is 12.1. The molecule has 0 saturated heterocycles. The minimum Gasteiger partial charge on any atom is -0.494 e. The van der Waals surface area contributed by atoms with E-state index in [-0.39, 0.29) is 11.6 Å². The Labute approximate surface area is 140 Å². The van der Waals surface area contributed by atoms with Gasteiger partial charge in [0.1, 0.15) is 5.75 Å². The maximum Gasteiger partial charge on any atom is 0.273 e. The van der Waals surface area contributed by atoms with E-state index >= 15 is 0 Å². The first kappa shape index (κ1) is 17.5. The van der Waals surface area contributed by atoms with Crippen LogP contribution in [-0.2, 0) is 6.54 Å². The van der Waals surface area contributed by atoms with Gasteiger partial charge in [0.2, 0.25) is 0 Å². The third-order valence-corrected chi connectivity index (χ3v) is 3.73. The van der Waals surface area contributed by atoms with Crippen molar-refractivity contribution in [2.45, 2.75) is 20.4 Å². The van der Waals surface area contributed by atoms with Crippen LogP contribution in [-0.4, -0.2) is 29.4 Å². The third kappa shape index (κ3) is 3.90. The zero-order chi connectivity index (χ0) is 17.7. The molecule has 2 rings (SSSR count). The second kappa shape index (κ2) is 7.59. The van der Waals surface area contributed by atoms with Gasteiger partial charge in [-0.05, 0) is 37.6 Å². The number of rotatable bonds is 6. The Balaban J connectivity index is 2.15. The van der Waals surface area contributed by atoms with Crippen LogP contribution in [0.25, 0.3) is 0 Å². The molecular formula is C18H20N2O4. The Bertz CT molecular complexity index is 741. The highest BCUT2D eigenvalue weighted by Gasteiger charge is 2.20. The number of ether oxygens (including phenoxy) is 1. The molecule has 0 radical (unpaired) electrons. The monoisotopic (exact) mass is 328 g/mol. The summed E-state index contributed by atoms with van der Waals surface area (Å²) in [5.41, 5.74) is 1.64. The van der Waals surface area contributed by atoms with Crippen LogP contribution in [0.2, 0.25) is 0 Å². The van der Waals surface area contributed by atoms with Gasteiger partial charge < -0.3 is 9.64 Å². The molecule has 2 aromatic rings. The molecule has 24 heavy (non-hydrogen) atoms. The third-order valence-electron chi connectivity index (χ3n) is 3.73. The van der Waals surface area contributed by atoms with Crippen molar-refractivity contribution in [2.75, 3.05) is 13.7 Å². The van der Waals surface area contributed by atoms with Crippen molar-refractivity contribution < 1.29 is 14.5 Å². The zero-order valence-electron chi connectivity index (χ0n) is 14.0. The molecule has 126 valence electrons. The predicted molar refractivity (Wildman–Crippen MR) is 91.2 cm³/mol. The lowest BCUT2D eigenvalue weighted by Gasteiger charge is -2.18. The number of nitrogens with zero attached hydrogens (tertiary/aromatic N) is 2. The van der Waals surface area contributed by atoms with Crippen LogP contribution in [0.1, 0.15) is 28.4 Å². The van der Waals surface area contributed by atoms with Crippen molar-refractivity contribution in [2.24, 2.45) is 0 Å². The largest absolute Gasteiger partial charge is 0.494 e. The van der Waals surface area contributed by atoms with Gasteiger partial charge >= 0.3 is 0 Å². The molecule has 0 aliphatic heterocycles. The molecule has 6 nitrogen and oxygen atoms in total. The maximum atomic E-state index is 12.6. The molecule has 0 N–H and O–H groups in total. The molecule has 2 aromatic carbocycles. The van der Waals surface area contributed by atoms with E-state index in [1.54, 1.807) is 24.9 Å². The number of carbonyl (C=O) groups excluding carboxylic acids is 1. The number of benzene rings is 2. The van der Waals surface area contributed by atoms with Gasteiger partial charge in [0.05, 0.1) is 11.5 Å². The topological polar surface area (TPSA) is 72.7 Å². The Kier molecular flexibility index (Phi) is 5.52. The highest BCUT2D eigenvalue weighted by atomic mass is 16.6. The summed E-state index contributed by atoms with van der Waals surface area (Å²) < 4.78 is 5.39. The van der Waals surface area contributed by atoms with Gasteiger partial charge in [0.25, 0.3) is 11.6 Å². The number of nitro benzene ring substituents is 1. The highest BCUT2D eigenvalue weighted by Crippen LogP contribution is 2.22. The molecule has 0 saturated carbocycles. The molecule has 1 amide bonds. The zero-order valence-corrected chi connectivity index (χ0v) is 14.0. The molecule has 0 heterocycles. The van der Waals surface area contributed by atoms with Gasteiger partial charge in [0.15, 0.2) is 0 Å². The van der Waals surface area contributed by atoms with Crippen molar-refractivity contribution in [1.82, 2.24) is 4.90 Å². The van der Waals surface area contributed by atoms with Crippen molar-refractivity contribution in [3.8, 4) is 5.75 Å². The lowest BCUT2D eigenvalue weighted by Crippen LogP contribution is -2.27. The second-order valence-corrected chi connectivity index (χ2v) is 5.44. The molecule has 0 atom stereocenters. The quantitative estimate of drug-likeness (QED) is 0.600. The summed E-state index contributed by atoms with van der Waals surface area (Å²) in [6.45, 7) is 4.52. The number of amides is 1. The Morgan fingerprint density at radius 2 is 1.88 bits per heavy atom. The van der Waals surface area contributed by atoms with Gasteiger partial charge in [-0.2, -0.15) is 0 Å². The van der Waals surface area contributed by atoms with E-state index in [9.17, 15) is 14.9 Å². The fraction of sp³-hybridized carbons (Fsp3) is 0.278. The van der Waals surface area contributed by atoms with Crippen LogP contribution in [0, 0.1) is 17.0 Å². The SMILES string of the molecule is CCOc1ccc(CN(C)C(=O)c2cccc([N+](=O)[O-])c2C)cc1. The Morgan fingerprint density at radius 3 is 2.46 bits per heavy atom. The summed E-state index contributed by atoms with van der Waals surface area (Å²) in [5, 5.41) is 11.0. The van der Waals surface area contributed by atoms with E-state index in [4.69, 9.17) is 4.74 Å². The molecule has 0 bridgehead atoms. The summed E-state index contributed by atoms with van der Waals surface area (Å²) in [5.74, 6) is 0.537. The highest BCUT2D eigenvalue weighted by molar-refractivity contribution is 5.96. The van der Waals surface area contributed by atoms with Crippen molar-refractivity contribution >= 4 is 11.6 Å². The van der Waals surface area contributed by atoms with E-state index < -0.39 is 4.92 Å². The standard InChI is InChI=1S/C18H20N2O4/c1-4-24-15-10-8-14(9-11-15)12-19(3)18(21)16-6-5-7-17(13(16)2)20(22)23/h5-11H,4,12H2,1-3H3. The second-order valence-electron chi connectivity index (χ2n) is 5.44. The minimum atomic E-state index is -0.474. The average Bonchev–Trinajstić information content (AvgIpc) is 2.56. The van der Waals surface area contributed by atoms with Crippen LogP contribution in [0.5, 0.6) is 5.75 Å². The molecule has 0 aliphatic rings. The Hall–Kier alpha value is -2.89. The number of nitro groups is 1. The summed E-state index contributed by atoms with van der Waals surface area (Å²) in [7, 11) is 1.68. The van der Waals surface area contributed by atoms with Crippen LogP contribution >= 0.6 is 0 Å². The van der Waals surface area contributed by atoms with E-state index in [0.717, 1.165) is 11.3 Å². The van der Waals surface area contributed by atoms with E-state index in [1.165, 1.54) is 12.1 Å². The average molecular weight is 328 g/mol. The van der Waals surface area contributed by atoms with Crippen LogP contribution < -0.4 is 4.74 Å². The van der Waals surface area contributed by atoms with Crippen LogP contribution in [0.15, 0.2) is 42.5 Å². The first-order valence-electron chi connectivity index (χ1n) is 7.65. The molecule has 0 fully saturated rings. The summed E-state index contributed by atoms with van der Waals surface area (Å²) in [6.07, 6.45) is 0. The number of carbonyl (C=O) groups is 1. The van der Waals surface area contributed by atoms with Gasteiger partial charge in [-0.25, -0.2) is 0 Å². The van der Waals surface area contributed by atoms with E-state index in [1.807, 2.05) is 31.2 Å². The lowest BCUT2D eigenvalue weighted by molar-refractivity contribution is -0.385. The van der Waals surface area contributed by atoms with Crippen molar-refractivity contribution in [1.29, 1.82) is 0 Å². The Morgan fingerprint density at radius 1 is 1.21 bits per heavy atom. The van der Waals surface area contributed by atoms with E-state index in [0.29, 0.717) is 24.3 Å². The summed E-state index contributed by atoms with van der Waals surface area (Å²) in [4.78, 5) is 24.7. The smallest absolute Gasteiger partial charge is 0.273 e. The molecule has 0 unspecified atom stereocenters. The first-order chi connectivity index (χ1) is 11.4. The predicted octanol–water partition coefficient (Wildman–Crippen LogP) is 3.57. The molecule has 0 spiro atoms. The summed E-state index contributed by atoms with van der Waals surface area (Å²) >= 11 is 0. The molecular weight excluding hydrogens is 308 g/mol. The fourth-order valence-corrected chi connectivity index (χ4v) is 2.46. The van der Waals surface area contributed by atoms with Crippen molar-refractivity contribution in [3.63, 3.8) is 0 Å². The first-order valence-corrected chi connectivity index (χ1v) is 7.65. The number of hydrogen-bond donors (Lipinski definition) is 0. The fourth-order valence-electron chi connectivity index (χ4n) is 2.46. The molecule has 0 aromatic heterocycles. The van der Waals surface area contributed by atoms with E-state index in [2.05, 4.69) is 0 Å². The van der Waals surface area contributed by atoms with Crippen LogP contribution in [0.3, 0.4) is 0 Å². The van der Waals surface area contributed by atoms with Crippen molar-refractivity contribution in [3.05, 3.63) is 69.3 Å². The van der Waals surface area contributed by atoms with Gasteiger partial charge in [-0.3, -0.25) is 14.9 Å². The molecule has 6 heteroatoms.